The summed E-state index contributed by atoms with van der Waals surface area (Å²) in [6, 6.07) is 54.8. The zero-order chi connectivity index (χ0) is 32.8. The van der Waals surface area contributed by atoms with Crippen molar-refractivity contribution in [1.29, 1.82) is 0 Å². The average Bonchev–Trinajstić information content (AvgIpc) is 3.71. The molecule has 0 aliphatic heterocycles. The van der Waals surface area contributed by atoms with Crippen molar-refractivity contribution < 1.29 is 4.42 Å². The van der Waals surface area contributed by atoms with Gasteiger partial charge in [0.2, 0.25) is 0 Å². The fourth-order valence-electron chi connectivity index (χ4n) is 8.14. The molecule has 0 aliphatic carbocycles. The van der Waals surface area contributed by atoms with E-state index in [9.17, 15) is 0 Å². The quantitative estimate of drug-likeness (QED) is 0.181. The lowest BCUT2D eigenvalue weighted by Crippen LogP contribution is -1.94. The van der Waals surface area contributed by atoms with Gasteiger partial charge in [0.1, 0.15) is 17.5 Å². The van der Waals surface area contributed by atoms with Gasteiger partial charge in [-0.05, 0) is 92.3 Å². The summed E-state index contributed by atoms with van der Waals surface area (Å²) in [5.74, 6) is 0. The van der Waals surface area contributed by atoms with Crippen molar-refractivity contribution in [2.24, 2.45) is 0 Å². The summed E-state index contributed by atoms with van der Waals surface area (Å²) in [6.45, 7) is 0. The maximum absolute atomic E-state index is 6.33. The highest BCUT2D eigenvalue weighted by atomic mass is 16.3. The Labute approximate surface area is 286 Å². The van der Waals surface area contributed by atoms with Crippen LogP contribution < -0.4 is 0 Å². The Morgan fingerprint density at radius 1 is 0.440 bits per heavy atom. The van der Waals surface area contributed by atoms with Crippen LogP contribution in [0.2, 0.25) is 0 Å². The molecule has 0 spiro atoms. The second kappa shape index (κ2) is 10.4. The van der Waals surface area contributed by atoms with Crippen LogP contribution in [-0.4, -0.2) is 14.5 Å². The lowest BCUT2D eigenvalue weighted by molar-refractivity contribution is 0.669. The number of aromatic nitrogens is 3. The number of furan rings is 1. The van der Waals surface area contributed by atoms with E-state index in [1.165, 1.54) is 60.0 Å². The largest absolute Gasteiger partial charge is 0.456 e. The van der Waals surface area contributed by atoms with Crippen molar-refractivity contribution >= 4 is 76.2 Å². The summed E-state index contributed by atoms with van der Waals surface area (Å²) < 4.78 is 8.70. The SMILES string of the molecule is c1ccc2c(-c3ccc4oc5cc6cncnc6cc5c4c3)c3ccccc3c(-c3ccc(-n4c5ccccc5c5ccccc54)cc3)c2c1. The van der Waals surface area contributed by atoms with Crippen molar-refractivity contribution in [3.8, 4) is 27.9 Å². The van der Waals surface area contributed by atoms with Crippen LogP contribution in [0.15, 0.2) is 169 Å². The molecule has 0 bridgehead atoms. The number of benzene rings is 8. The van der Waals surface area contributed by atoms with Crippen molar-refractivity contribution in [3.63, 3.8) is 0 Å². The third-order valence-electron chi connectivity index (χ3n) is 10.3. The van der Waals surface area contributed by atoms with Crippen LogP contribution in [0.1, 0.15) is 0 Å². The van der Waals surface area contributed by atoms with Crippen LogP contribution in [-0.2, 0) is 0 Å². The van der Waals surface area contributed by atoms with E-state index >= 15 is 0 Å². The van der Waals surface area contributed by atoms with Gasteiger partial charge in [0.05, 0.1) is 16.6 Å². The average molecular weight is 638 g/mol. The zero-order valence-corrected chi connectivity index (χ0v) is 26.8. The lowest BCUT2D eigenvalue weighted by atomic mass is 9.85. The minimum absolute atomic E-state index is 0.842. The summed E-state index contributed by atoms with van der Waals surface area (Å²) in [4.78, 5) is 8.71. The smallest absolute Gasteiger partial charge is 0.136 e. The molecule has 0 amide bonds. The van der Waals surface area contributed by atoms with E-state index in [-0.39, 0.29) is 0 Å². The third-order valence-corrected chi connectivity index (χ3v) is 10.3. The van der Waals surface area contributed by atoms with Crippen LogP contribution in [0.5, 0.6) is 0 Å². The minimum atomic E-state index is 0.842. The van der Waals surface area contributed by atoms with E-state index in [1.807, 2.05) is 12.3 Å². The van der Waals surface area contributed by atoms with Crippen molar-refractivity contribution in [3.05, 3.63) is 164 Å². The van der Waals surface area contributed by atoms with E-state index in [4.69, 9.17) is 4.42 Å². The molecule has 0 fully saturated rings. The van der Waals surface area contributed by atoms with Gasteiger partial charge in [-0.25, -0.2) is 9.97 Å². The van der Waals surface area contributed by atoms with E-state index in [0.29, 0.717) is 0 Å². The monoisotopic (exact) mass is 637 g/mol. The molecule has 0 aliphatic rings. The van der Waals surface area contributed by atoms with Gasteiger partial charge in [-0.15, -0.1) is 0 Å². The first-order valence-corrected chi connectivity index (χ1v) is 16.9. The molecule has 11 aromatic rings. The van der Waals surface area contributed by atoms with Crippen molar-refractivity contribution in [2.45, 2.75) is 0 Å². The van der Waals surface area contributed by atoms with E-state index < -0.39 is 0 Å². The van der Waals surface area contributed by atoms with Crippen LogP contribution in [0.4, 0.5) is 0 Å². The molecule has 0 N–H and O–H groups in total. The fraction of sp³-hybridized carbons (Fsp3) is 0. The fourth-order valence-corrected chi connectivity index (χ4v) is 8.14. The lowest BCUT2D eigenvalue weighted by Gasteiger charge is -2.18. The first-order chi connectivity index (χ1) is 24.8. The highest BCUT2D eigenvalue weighted by Gasteiger charge is 2.19. The second-order valence-corrected chi connectivity index (χ2v) is 13.0. The molecule has 0 saturated carbocycles. The molecular weight excluding hydrogens is 611 g/mol. The summed E-state index contributed by atoms with van der Waals surface area (Å²) in [7, 11) is 0. The Morgan fingerprint density at radius 2 is 0.980 bits per heavy atom. The normalized spacial score (nSPS) is 12.0. The maximum Gasteiger partial charge on any atom is 0.136 e. The van der Waals surface area contributed by atoms with Crippen LogP contribution in [0, 0.1) is 0 Å². The summed E-state index contributed by atoms with van der Waals surface area (Å²) >= 11 is 0. The first-order valence-electron chi connectivity index (χ1n) is 16.9. The Kier molecular flexibility index (Phi) is 5.63. The molecule has 4 nitrogen and oxygen atoms in total. The molecule has 11 rings (SSSR count). The highest BCUT2D eigenvalue weighted by Crippen LogP contribution is 2.45. The number of nitrogens with zero attached hydrogens (tertiary/aromatic N) is 3. The number of hydrogen-bond donors (Lipinski definition) is 0. The molecule has 0 atom stereocenters. The van der Waals surface area contributed by atoms with Gasteiger partial charge in [-0.1, -0.05) is 103 Å². The molecule has 3 heterocycles. The van der Waals surface area contributed by atoms with Crippen LogP contribution in [0.3, 0.4) is 0 Å². The van der Waals surface area contributed by atoms with Gasteiger partial charge in [-0.2, -0.15) is 0 Å². The third kappa shape index (κ3) is 3.87. The van der Waals surface area contributed by atoms with Crippen LogP contribution >= 0.6 is 0 Å². The molecule has 50 heavy (non-hydrogen) atoms. The molecular formula is C46H27N3O. The number of rotatable bonds is 3. The number of para-hydroxylation sites is 2. The van der Waals surface area contributed by atoms with Crippen LogP contribution in [0.25, 0.3) is 104 Å². The molecule has 232 valence electrons. The minimum Gasteiger partial charge on any atom is -0.456 e. The van der Waals surface area contributed by atoms with Gasteiger partial charge in [0, 0.05) is 38.8 Å². The number of fused-ring (bicyclic) bond motifs is 9. The second-order valence-electron chi connectivity index (χ2n) is 13.0. The molecule has 0 unspecified atom stereocenters. The molecule has 0 radical (unpaired) electrons. The first kappa shape index (κ1) is 27.2. The van der Waals surface area contributed by atoms with E-state index in [2.05, 4.69) is 160 Å². The van der Waals surface area contributed by atoms with Gasteiger partial charge < -0.3 is 8.98 Å². The Hall–Kier alpha value is -6.78. The van der Waals surface area contributed by atoms with E-state index in [0.717, 1.165) is 44.1 Å². The van der Waals surface area contributed by atoms with Gasteiger partial charge >= 0.3 is 0 Å². The molecule has 0 saturated heterocycles. The number of hydrogen-bond acceptors (Lipinski definition) is 3. The Balaban J connectivity index is 1.12. The molecule has 4 heteroatoms. The molecule has 8 aromatic carbocycles. The zero-order valence-electron chi connectivity index (χ0n) is 26.8. The standard InChI is InChI=1S/C46H27N3O/c1-3-13-36-34(11-1)45(28-17-20-31(21-18-28)49-41-15-7-5-9-32(41)33-10-6-8-16-42(33)49)35-12-2-4-14-37(35)46(36)29-19-22-43-38(23-29)39-25-40-30(24-44(39)50-43)26-47-27-48-40/h1-27H. The van der Waals surface area contributed by atoms with Gasteiger partial charge in [0.25, 0.3) is 0 Å². The van der Waals surface area contributed by atoms with Crippen molar-refractivity contribution in [2.75, 3.05) is 0 Å². The summed E-state index contributed by atoms with van der Waals surface area (Å²) in [5.41, 5.74) is 11.0. The Bertz CT molecular complexity index is 3040. The predicted octanol–water partition coefficient (Wildman–Crippen LogP) is 12.3. The maximum atomic E-state index is 6.33. The highest BCUT2D eigenvalue weighted by molar-refractivity contribution is 6.22. The summed E-state index contributed by atoms with van der Waals surface area (Å²) in [5, 5.41) is 10.5. The summed E-state index contributed by atoms with van der Waals surface area (Å²) in [6.07, 6.45) is 3.43. The van der Waals surface area contributed by atoms with E-state index in [1.54, 1.807) is 6.33 Å². The van der Waals surface area contributed by atoms with Gasteiger partial charge in [0.15, 0.2) is 0 Å². The predicted molar refractivity (Wildman–Crippen MR) is 207 cm³/mol. The molecule has 3 aromatic heterocycles. The topological polar surface area (TPSA) is 43.9 Å². The van der Waals surface area contributed by atoms with Gasteiger partial charge in [-0.3, -0.25) is 0 Å². The van der Waals surface area contributed by atoms with Crippen molar-refractivity contribution in [1.82, 2.24) is 14.5 Å². The Morgan fingerprint density at radius 3 is 1.62 bits per heavy atom.